The number of rotatable bonds is 0. The van der Waals surface area contributed by atoms with Crippen molar-refractivity contribution < 1.29 is 17.1 Å². The molecule has 33 valence electrons. The van der Waals surface area contributed by atoms with Gasteiger partial charge in [0.15, 0.2) is 0 Å². The van der Waals surface area contributed by atoms with Crippen LogP contribution in [-0.4, -0.2) is 8.11 Å². The summed E-state index contributed by atoms with van der Waals surface area (Å²) in [5.41, 5.74) is 0. The van der Waals surface area contributed by atoms with Gasteiger partial charge in [-0.15, -0.1) is 12.4 Å². The van der Waals surface area contributed by atoms with E-state index in [2.05, 4.69) is 10.5 Å². The van der Waals surface area contributed by atoms with Gasteiger partial charge in [0.2, 0.25) is 0 Å². The molecule has 0 heterocycles. The molecule has 0 aromatic carbocycles. The second-order valence-corrected chi connectivity index (χ2v) is 14.4. The van der Waals surface area contributed by atoms with Crippen LogP contribution in [0.4, 0.5) is 0 Å². The van der Waals surface area contributed by atoms with E-state index in [1.165, 1.54) is 8.11 Å². The van der Waals surface area contributed by atoms with E-state index in [0.717, 1.165) is 0 Å². The van der Waals surface area contributed by atoms with Gasteiger partial charge in [-0.3, -0.25) is 0 Å². The first kappa shape index (κ1) is 9.52. The summed E-state index contributed by atoms with van der Waals surface area (Å²) in [7, 11) is 1.52. The van der Waals surface area contributed by atoms with E-state index in [0.29, 0.717) is 0 Å². The molecule has 0 spiro atoms. The molecule has 0 aromatic rings. The van der Waals surface area contributed by atoms with Gasteiger partial charge < -0.3 is 0 Å². The third-order valence-corrected chi connectivity index (χ3v) is 0. The quantitative estimate of drug-likeness (QED) is 0.433. The zero-order valence-electron chi connectivity index (χ0n) is 3.91. The SMILES string of the molecule is Cl.[CH3][Ti]([CH3])[SiH3]. The third kappa shape index (κ3) is 36.3. The van der Waals surface area contributed by atoms with Crippen molar-refractivity contribution in [1.29, 1.82) is 0 Å². The fourth-order valence-electron chi connectivity index (χ4n) is 0. The van der Waals surface area contributed by atoms with Crippen LogP contribution in [-0.2, 0) is 17.1 Å². The first-order valence-corrected chi connectivity index (χ1v) is 10.3. The Morgan fingerprint density at radius 2 is 1.40 bits per heavy atom. The molecule has 0 fully saturated rings. The molecule has 0 saturated heterocycles. The van der Waals surface area contributed by atoms with Crippen molar-refractivity contribution in [3.05, 3.63) is 0 Å². The van der Waals surface area contributed by atoms with E-state index in [4.69, 9.17) is 0 Å². The van der Waals surface area contributed by atoms with E-state index in [9.17, 15) is 0 Å². The van der Waals surface area contributed by atoms with Crippen LogP contribution < -0.4 is 0 Å². The molecule has 0 aliphatic heterocycles. The number of halogens is 1. The summed E-state index contributed by atoms with van der Waals surface area (Å²) >= 11 is -0.194. The van der Waals surface area contributed by atoms with Gasteiger partial charge >= 0.3 is 35.7 Å². The van der Waals surface area contributed by atoms with Gasteiger partial charge in [-0.1, -0.05) is 0 Å². The van der Waals surface area contributed by atoms with Crippen molar-refractivity contribution in [3.8, 4) is 0 Å². The summed E-state index contributed by atoms with van der Waals surface area (Å²) in [5, 5.41) is 4.79. The molecule has 0 atom stereocenters. The molecule has 0 aliphatic carbocycles. The summed E-state index contributed by atoms with van der Waals surface area (Å²) in [6, 6.07) is 0. The van der Waals surface area contributed by atoms with Crippen molar-refractivity contribution in [1.82, 2.24) is 0 Å². The predicted octanol–water partition coefficient (Wildman–Crippen LogP) is 0.403. The Labute approximate surface area is 48.2 Å². The molecular formula is C2H10ClSiTi. The summed E-state index contributed by atoms with van der Waals surface area (Å²) in [5.74, 6) is 0. The average Bonchev–Trinajstić information content (AvgIpc) is 0.811. The molecule has 0 saturated carbocycles. The fourth-order valence-corrected chi connectivity index (χ4v) is 0. The van der Waals surface area contributed by atoms with Crippen LogP contribution in [0.25, 0.3) is 0 Å². The first-order chi connectivity index (χ1) is 1.73. The molecular weight excluding hydrogens is 135 g/mol. The van der Waals surface area contributed by atoms with Crippen LogP contribution in [0.3, 0.4) is 0 Å². The van der Waals surface area contributed by atoms with Crippen molar-refractivity contribution >= 4 is 20.5 Å². The zero-order chi connectivity index (χ0) is 3.58. The predicted molar refractivity (Wildman–Crippen MR) is 28.9 cm³/mol. The van der Waals surface area contributed by atoms with Crippen LogP contribution in [0, 0.1) is 0 Å². The van der Waals surface area contributed by atoms with E-state index < -0.39 is 0 Å². The number of hydrogen-bond acceptors (Lipinski definition) is 0. The summed E-state index contributed by atoms with van der Waals surface area (Å²) in [6.07, 6.45) is 0. The standard InChI is InChI=1S/2CH3.ClH.H3Si.Ti/h2*1H3;1H;1H3;. The average molecular weight is 146 g/mol. The Bertz CT molecular complexity index is 14.4. The topological polar surface area (TPSA) is 0 Å². The Morgan fingerprint density at radius 3 is 1.40 bits per heavy atom. The molecule has 5 heavy (non-hydrogen) atoms. The molecule has 0 rings (SSSR count). The van der Waals surface area contributed by atoms with Crippen molar-refractivity contribution in [2.24, 2.45) is 0 Å². The summed E-state index contributed by atoms with van der Waals surface area (Å²) in [4.78, 5) is 0. The summed E-state index contributed by atoms with van der Waals surface area (Å²) in [6.45, 7) is 0. The van der Waals surface area contributed by atoms with Crippen molar-refractivity contribution in [3.63, 3.8) is 0 Å². The van der Waals surface area contributed by atoms with Gasteiger partial charge in [0.25, 0.3) is 0 Å². The van der Waals surface area contributed by atoms with Gasteiger partial charge in [0.05, 0.1) is 0 Å². The van der Waals surface area contributed by atoms with Crippen LogP contribution in [0.15, 0.2) is 0 Å². The monoisotopic (exact) mass is 145 g/mol. The van der Waals surface area contributed by atoms with Gasteiger partial charge in [-0.25, -0.2) is 0 Å². The summed E-state index contributed by atoms with van der Waals surface area (Å²) < 4.78 is 0. The molecule has 0 aromatic heterocycles. The van der Waals surface area contributed by atoms with Crippen LogP contribution in [0.1, 0.15) is 0 Å². The second kappa shape index (κ2) is 5.22. The molecule has 3 heteroatoms. The molecule has 0 amide bonds. The Morgan fingerprint density at radius 1 is 1.40 bits per heavy atom. The van der Waals surface area contributed by atoms with E-state index in [-0.39, 0.29) is 29.5 Å². The second-order valence-electron chi connectivity index (χ2n) is 1.50. The molecule has 0 bridgehead atoms. The zero-order valence-corrected chi connectivity index (χ0v) is 8.29. The van der Waals surface area contributed by atoms with Gasteiger partial charge in [0.1, 0.15) is 0 Å². The fraction of sp³-hybridized carbons (Fsp3) is 1.00. The molecule has 0 radical (unpaired) electrons. The minimum absolute atomic E-state index is 0. The minimum atomic E-state index is -0.194. The third-order valence-electron chi connectivity index (χ3n) is 0. The van der Waals surface area contributed by atoms with Crippen LogP contribution in [0.2, 0.25) is 10.5 Å². The van der Waals surface area contributed by atoms with E-state index in [1.54, 1.807) is 0 Å². The maximum atomic E-state index is 2.40. The molecule has 0 unspecified atom stereocenters. The molecule has 0 N–H and O–H groups in total. The Kier molecular flexibility index (Phi) is 9.94. The van der Waals surface area contributed by atoms with Crippen molar-refractivity contribution in [2.75, 3.05) is 0 Å². The first-order valence-electron chi connectivity index (χ1n) is 1.50. The van der Waals surface area contributed by atoms with E-state index in [1.807, 2.05) is 0 Å². The Hall–Kier alpha value is 1.22. The van der Waals surface area contributed by atoms with Crippen molar-refractivity contribution in [2.45, 2.75) is 10.5 Å². The molecule has 0 nitrogen and oxygen atoms in total. The molecule has 0 aliphatic rings. The normalized spacial score (nSPS) is 6.00. The maximum absolute atomic E-state index is 2.40. The van der Waals surface area contributed by atoms with Gasteiger partial charge in [0, 0.05) is 0 Å². The van der Waals surface area contributed by atoms with Crippen LogP contribution in [0.5, 0.6) is 0 Å². The van der Waals surface area contributed by atoms with Gasteiger partial charge in [-0.05, 0) is 0 Å². The van der Waals surface area contributed by atoms with E-state index >= 15 is 0 Å². The number of hydrogen-bond donors (Lipinski definition) is 0. The van der Waals surface area contributed by atoms with Gasteiger partial charge in [-0.2, -0.15) is 0 Å². The van der Waals surface area contributed by atoms with Crippen LogP contribution >= 0.6 is 12.4 Å². The Balaban J connectivity index is 0.